The Kier molecular flexibility index (Phi) is 5.05. The van der Waals surface area contributed by atoms with Crippen LogP contribution in [0.2, 0.25) is 0 Å². The molecule has 2 aromatic rings. The number of anilines is 1. The number of nitriles is 1. The van der Waals surface area contributed by atoms with E-state index >= 15 is 0 Å². The van der Waals surface area contributed by atoms with Crippen molar-refractivity contribution in [3.05, 3.63) is 52.8 Å². The Balaban J connectivity index is 2.32. The van der Waals surface area contributed by atoms with Crippen LogP contribution < -0.4 is 5.73 Å². The number of aryl methyl sites for hydroxylation is 1. The summed E-state index contributed by atoms with van der Waals surface area (Å²) in [7, 11) is 0. The van der Waals surface area contributed by atoms with Gasteiger partial charge in [-0.3, -0.25) is 0 Å². The summed E-state index contributed by atoms with van der Waals surface area (Å²) in [5, 5.41) is 9.35. The van der Waals surface area contributed by atoms with Crippen LogP contribution in [0.1, 0.15) is 48.7 Å². The minimum absolute atomic E-state index is 0.655. The molecule has 110 valence electrons. The summed E-state index contributed by atoms with van der Waals surface area (Å²) < 4.78 is 2.08. The third-order valence-corrected chi connectivity index (χ3v) is 3.96. The summed E-state index contributed by atoms with van der Waals surface area (Å²) in [5.74, 6) is 0. The zero-order valence-electron chi connectivity index (χ0n) is 12.9. The molecule has 0 atom stereocenters. The molecule has 21 heavy (non-hydrogen) atoms. The van der Waals surface area contributed by atoms with Gasteiger partial charge in [0, 0.05) is 12.2 Å². The highest BCUT2D eigenvalue weighted by Crippen LogP contribution is 2.23. The average Bonchev–Trinajstić information content (AvgIpc) is 2.78. The molecule has 2 N–H and O–H groups in total. The predicted octanol–water partition coefficient (Wildman–Crippen LogP) is 4.03. The van der Waals surface area contributed by atoms with Crippen molar-refractivity contribution >= 4 is 5.69 Å². The third kappa shape index (κ3) is 3.46. The van der Waals surface area contributed by atoms with E-state index in [4.69, 9.17) is 5.73 Å². The van der Waals surface area contributed by atoms with Crippen molar-refractivity contribution in [2.45, 2.75) is 46.1 Å². The molecule has 1 aromatic heterocycles. The van der Waals surface area contributed by atoms with Crippen LogP contribution in [0.5, 0.6) is 0 Å². The van der Waals surface area contributed by atoms with Gasteiger partial charge in [0.15, 0.2) is 0 Å². The van der Waals surface area contributed by atoms with E-state index in [1.165, 1.54) is 24.0 Å². The first-order chi connectivity index (χ1) is 10.2. The molecule has 0 aliphatic heterocycles. The number of aromatic nitrogens is 1. The molecule has 0 radical (unpaired) electrons. The summed E-state index contributed by atoms with van der Waals surface area (Å²) >= 11 is 0. The number of nitrogens with two attached hydrogens (primary N) is 1. The van der Waals surface area contributed by atoms with E-state index in [-0.39, 0.29) is 0 Å². The topological polar surface area (TPSA) is 54.7 Å². The minimum atomic E-state index is 0.655. The van der Waals surface area contributed by atoms with Crippen LogP contribution in [0, 0.1) is 18.3 Å². The molecule has 3 heteroatoms. The van der Waals surface area contributed by atoms with Gasteiger partial charge in [-0.05, 0) is 37.0 Å². The number of benzene rings is 1. The smallest absolute Gasteiger partial charge is 0.122 e. The molecular formula is C18H23N3. The van der Waals surface area contributed by atoms with Crippen LogP contribution in [-0.4, -0.2) is 4.57 Å². The molecule has 0 aliphatic carbocycles. The molecule has 0 fully saturated rings. The highest BCUT2D eigenvalue weighted by molar-refractivity contribution is 5.51. The van der Waals surface area contributed by atoms with Gasteiger partial charge in [0.1, 0.15) is 11.8 Å². The fourth-order valence-electron chi connectivity index (χ4n) is 2.66. The Morgan fingerprint density at radius 1 is 1.24 bits per heavy atom. The molecule has 0 saturated carbocycles. The number of nitrogen functional groups attached to an aromatic ring is 1. The van der Waals surface area contributed by atoms with Gasteiger partial charge in [-0.25, -0.2) is 0 Å². The van der Waals surface area contributed by atoms with Gasteiger partial charge in [0.2, 0.25) is 0 Å². The molecule has 0 unspecified atom stereocenters. The molecule has 0 saturated heterocycles. The first kappa shape index (κ1) is 15.2. The van der Waals surface area contributed by atoms with Crippen molar-refractivity contribution < 1.29 is 0 Å². The molecule has 0 amide bonds. The molecule has 0 aliphatic rings. The number of nitrogens with zero attached hydrogens (tertiary/aromatic N) is 2. The van der Waals surface area contributed by atoms with Gasteiger partial charge >= 0.3 is 0 Å². The molecule has 3 nitrogen and oxygen atoms in total. The third-order valence-electron chi connectivity index (χ3n) is 3.96. The number of unbranched alkanes of at least 4 members (excludes halogenated alkanes) is 2. The summed E-state index contributed by atoms with van der Waals surface area (Å²) in [6.45, 7) is 5.01. The normalized spacial score (nSPS) is 10.5. The minimum Gasteiger partial charge on any atom is -0.397 e. The number of hydrogen-bond donors (Lipinski definition) is 1. The largest absolute Gasteiger partial charge is 0.397 e. The molecule has 1 heterocycles. The number of hydrogen-bond acceptors (Lipinski definition) is 2. The van der Waals surface area contributed by atoms with Gasteiger partial charge in [-0.15, -0.1) is 0 Å². The van der Waals surface area contributed by atoms with E-state index in [1.54, 1.807) is 6.07 Å². The second kappa shape index (κ2) is 6.99. The van der Waals surface area contributed by atoms with Crippen molar-refractivity contribution in [1.29, 1.82) is 5.26 Å². The molecule has 2 rings (SSSR count). The zero-order chi connectivity index (χ0) is 15.2. The standard InChI is InChI=1S/C18H23N3/c1-3-4-5-10-18-17(20)11-16(12-19)21(18)13-15-9-7-6-8-14(15)2/h6-9,11H,3-5,10,13,20H2,1-2H3. The van der Waals surface area contributed by atoms with E-state index in [2.05, 4.69) is 36.6 Å². The summed E-state index contributed by atoms with van der Waals surface area (Å²) in [6.07, 6.45) is 4.43. The van der Waals surface area contributed by atoms with Crippen molar-refractivity contribution in [3.8, 4) is 6.07 Å². The first-order valence-corrected chi connectivity index (χ1v) is 7.59. The monoisotopic (exact) mass is 281 g/mol. The van der Waals surface area contributed by atoms with Gasteiger partial charge in [-0.1, -0.05) is 44.0 Å². The quantitative estimate of drug-likeness (QED) is 0.813. The Labute approximate surface area is 127 Å². The van der Waals surface area contributed by atoms with E-state index in [0.29, 0.717) is 12.2 Å². The van der Waals surface area contributed by atoms with Crippen LogP contribution in [0.25, 0.3) is 0 Å². The van der Waals surface area contributed by atoms with Crippen LogP contribution in [-0.2, 0) is 13.0 Å². The maximum absolute atomic E-state index is 9.35. The summed E-state index contributed by atoms with van der Waals surface area (Å²) in [6, 6.07) is 12.4. The van der Waals surface area contributed by atoms with Crippen LogP contribution in [0.15, 0.2) is 30.3 Å². The van der Waals surface area contributed by atoms with Gasteiger partial charge in [0.05, 0.1) is 5.69 Å². The fraction of sp³-hybridized carbons (Fsp3) is 0.389. The lowest BCUT2D eigenvalue weighted by atomic mass is 10.1. The second-order valence-corrected chi connectivity index (χ2v) is 5.51. The summed E-state index contributed by atoms with van der Waals surface area (Å²) in [4.78, 5) is 0. The Hall–Kier alpha value is -2.21. The maximum Gasteiger partial charge on any atom is 0.122 e. The van der Waals surface area contributed by atoms with E-state index in [9.17, 15) is 5.26 Å². The highest BCUT2D eigenvalue weighted by Gasteiger charge is 2.13. The lowest BCUT2D eigenvalue weighted by molar-refractivity contribution is 0.664. The van der Waals surface area contributed by atoms with Crippen molar-refractivity contribution in [2.75, 3.05) is 5.73 Å². The van der Waals surface area contributed by atoms with Gasteiger partial charge < -0.3 is 10.3 Å². The van der Waals surface area contributed by atoms with Gasteiger partial charge in [0.25, 0.3) is 0 Å². The zero-order valence-corrected chi connectivity index (χ0v) is 12.9. The number of rotatable bonds is 6. The Morgan fingerprint density at radius 2 is 2.00 bits per heavy atom. The van der Waals surface area contributed by atoms with E-state index < -0.39 is 0 Å². The van der Waals surface area contributed by atoms with Crippen molar-refractivity contribution in [1.82, 2.24) is 4.57 Å². The Bertz CT molecular complexity index is 647. The molecule has 1 aromatic carbocycles. The first-order valence-electron chi connectivity index (χ1n) is 7.59. The Morgan fingerprint density at radius 3 is 2.67 bits per heavy atom. The fourth-order valence-corrected chi connectivity index (χ4v) is 2.66. The van der Waals surface area contributed by atoms with Crippen LogP contribution in [0.3, 0.4) is 0 Å². The molecular weight excluding hydrogens is 258 g/mol. The lowest BCUT2D eigenvalue weighted by Crippen LogP contribution is -2.09. The van der Waals surface area contributed by atoms with E-state index in [0.717, 1.165) is 24.2 Å². The SMILES string of the molecule is CCCCCc1c(N)cc(C#N)n1Cc1ccccc1C. The summed E-state index contributed by atoms with van der Waals surface area (Å²) in [5.41, 5.74) is 11.1. The molecule has 0 spiro atoms. The average molecular weight is 281 g/mol. The van der Waals surface area contributed by atoms with Crippen molar-refractivity contribution in [2.24, 2.45) is 0 Å². The second-order valence-electron chi connectivity index (χ2n) is 5.51. The predicted molar refractivity (Wildman–Crippen MR) is 87.1 cm³/mol. The van der Waals surface area contributed by atoms with Gasteiger partial charge in [-0.2, -0.15) is 5.26 Å². The molecule has 0 bridgehead atoms. The van der Waals surface area contributed by atoms with Crippen molar-refractivity contribution in [3.63, 3.8) is 0 Å². The lowest BCUT2D eigenvalue weighted by Gasteiger charge is -2.13. The maximum atomic E-state index is 9.35. The highest BCUT2D eigenvalue weighted by atomic mass is 15.0. The van der Waals surface area contributed by atoms with E-state index in [1.807, 2.05) is 12.1 Å². The van der Waals surface area contributed by atoms with Crippen LogP contribution >= 0.6 is 0 Å². The van der Waals surface area contributed by atoms with Crippen LogP contribution in [0.4, 0.5) is 5.69 Å².